The minimum atomic E-state index is 0. The summed E-state index contributed by atoms with van der Waals surface area (Å²) in [7, 11) is 3.28. The van der Waals surface area contributed by atoms with Gasteiger partial charge in [0.05, 0.1) is 19.9 Å². The molecule has 0 amide bonds. The Balaban J connectivity index is 0.00000182. The number of rotatable bonds is 7. The third kappa shape index (κ3) is 5.51. The van der Waals surface area contributed by atoms with Crippen LogP contribution >= 0.6 is 24.8 Å². The monoisotopic (exact) mass is 415 g/mol. The van der Waals surface area contributed by atoms with Crippen LogP contribution in [-0.2, 0) is 6.42 Å². The van der Waals surface area contributed by atoms with Gasteiger partial charge in [0.1, 0.15) is 5.82 Å². The standard InChI is InChI=1S/C18H25N5O2.2ClH/c1-24-15-5-3-4-11(17(15)25-2)6-7-21-16-10-14(22-18(20)23-16)12-8-13(19)9-12;;/h3-5,10,12-13H,6-9,19H2,1-2H3,(H3,20,21,22,23);2*1H. The molecule has 0 unspecified atom stereocenters. The first kappa shape index (κ1) is 23.1. The van der Waals surface area contributed by atoms with E-state index in [-0.39, 0.29) is 30.9 Å². The number of benzene rings is 1. The zero-order valence-corrected chi connectivity index (χ0v) is 17.1. The summed E-state index contributed by atoms with van der Waals surface area (Å²) in [6.45, 7) is 0.698. The van der Waals surface area contributed by atoms with Crippen molar-refractivity contribution < 1.29 is 9.47 Å². The number of hydrogen-bond acceptors (Lipinski definition) is 7. The van der Waals surface area contributed by atoms with Crippen LogP contribution in [0.3, 0.4) is 0 Å². The first-order chi connectivity index (χ1) is 12.1. The lowest BCUT2D eigenvalue weighted by molar-refractivity contribution is 0.345. The summed E-state index contributed by atoms with van der Waals surface area (Å²) >= 11 is 0. The average molecular weight is 416 g/mol. The van der Waals surface area contributed by atoms with E-state index in [4.69, 9.17) is 20.9 Å². The summed E-state index contributed by atoms with van der Waals surface area (Å²) < 4.78 is 10.8. The van der Waals surface area contributed by atoms with Crippen molar-refractivity contribution in [3.8, 4) is 11.5 Å². The van der Waals surface area contributed by atoms with Gasteiger partial charge < -0.3 is 26.3 Å². The summed E-state index contributed by atoms with van der Waals surface area (Å²) in [5.41, 5.74) is 13.8. The summed E-state index contributed by atoms with van der Waals surface area (Å²) in [5, 5.41) is 3.32. The highest BCUT2D eigenvalue weighted by atomic mass is 35.5. The molecule has 27 heavy (non-hydrogen) atoms. The van der Waals surface area contributed by atoms with Crippen molar-refractivity contribution in [1.29, 1.82) is 0 Å². The molecule has 1 fully saturated rings. The van der Waals surface area contributed by atoms with Gasteiger partial charge in [0.25, 0.3) is 0 Å². The van der Waals surface area contributed by atoms with Gasteiger partial charge in [-0.15, -0.1) is 24.8 Å². The number of nitrogens with zero attached hydrogens (tertiary/aromatic N) is 2. The van der Waals surface area contributed by atoms with Crippen LogP contribution in [0.15, 0.2) is 24.3 Å². The van der Waals surface area contributed by atoms with Gasteiger partial charge in [-0.05, 0) is 30.9 Å². The number of methoxy groups -OCH3 is 2. The number of para-hydroxylation sites is 1. The van der Waals surface area contributed by atoms with Crippen LogP contribution in [0.25, 0.3) is 0 Å². The van der Waals surface area contributed by atoms with E-state index in [0.29, 0.717) is 18.4 Å². The molecule has 1 aliphatic rings. The zero-order valence-electron chi connectivity index (χ0n) is 15.5. The van der Waals surface area contributed by atoms with Crippen molar-refractivity contribution in [3.63, 3.8) is 0 Å². The molecule has 0 aliphatic heterocycles. The Kier molecular flexibility index (Phi) is 8.88. The van der Waals surface area contributed by atoms with E-state index in [1.807, 2.05) is 24.3 Å². The molecule has 150 valence electrons. The smallest absolute Gasteiger partial charge is 0.222 e. The predicted molar refractivity (Wildman–Crippen MR) is 113 cm³/mol. The summed E-state index contributed by atoms with van der Waals surface area (Å²) in [6, 6.07) is 8.11. The van der Waals surface area contributed by atoms with E-state index in [1.54, 1.807) is 14.2 Å². The molecule has 0 spiro atoms. The molecular weight excluding hydrogens is 389 g/mol. The van der Waals surface area contributed by atoms with Crippen LogP contribution in [0, 0.1) is 0 Å². The van der Waals surface area contributed by atoms with Crippen molar-refractivity contribution in [1.82, 2.24) is 9.97 Å². The fourth-order valence-electron chi connectivity index (χ4n) is 3.16. The van der Waals surface area contributed by atoms with E-state index in [1.165, 1.54) is 0 Å². The van der Waals surface area contributed by atoms with Crippen LogP contribution in [0.4, 0.5) is 11.8 Å². The first-order valence-electron chi connectivity index (χ1n) is 8.44. The van der Waals surface area contributed by atoms with Crippen molar-refractivity contribution in [2.75, 3.05) is 31.8 Å². The zero-order chi connectivity index (χ0) is 17.8. The molecule has 2 aromatic rings. The van der Waals surface area contributed by atoms with E-state index in [9.17, 15) is 0 Å². The van der Waals surface area contributed by atoms with Crippen molar-refractivity contribution in [2.45, 2.75) is 31.2 Å². The molecule has 0 saturated heterocycles. The highest BCUT2D eigenvalue weighted by Gasteiger charge is 2.29. The van der Waals surface area contributed by atoms with Gasteiger partial charge in [-0.3, -0.25) is 0 Å². The normalized spacial score (nSPS) is 17.7. The van der Waals surface area contributed by atoms with E-state index in [0.717, 1.165) is 47.8 Å². The minimum absolute atomic E-state index is 0. The number of hydrogen-bond donors (Lipinski definition) is 3. The number of anilines is 2. The summed E-state index contributed by atoms with van der Waals surface area (Å²) in [5.74, 6) is 2.91. The molecule has 1 saturated carbocycles. The lowest BCUT2D eigenvalue weighted by atomic mass is 9.78. The molecule has 3 rings (SSSR count). The van der Waals surface area contributed by atoms with Crippen LogP contribution in [0.5, 0.6) is 11.5 Å². The molecule has 1 aromatic carbocycles. The highest BCUT2D eigenvalue weighted by Crippen LogP contribution is 2.35. The van der Waals surface area contributed by atoms with Gasteiger partial charge in [0.15, 0.2) is 11.5 Å². The van der Waals surface area contributed by atoms with Gasteiger partial charge in [0, 0.05) is 24.6 Å². The Morgan fingerprint density at radius 2 is 1.89 bits per heavy atom. The fourth-order valence-corrected chi connectivity index (χ4v) is 3.16. The second-order valence-electron chi connectivity index (χ2n) is 6.29. The largest absolute Gasteiger partial charge is 0.493 e. The Labute approximate surface area is 172 Å². The summed E-state index contributed by atoms with van der Waals surface area (Å²) in [6.07, 6.45) is 2.68. The van der Waals surface area contributed by atoms with Crippen molar-refractivity contribution >= 4 is 36.6 Å². The second kappa shape index (κ2) is 10.4. The van der Waals surface area contributed by atoms with E-state index >= 15 is 0 Å². The van der Waals surface area contributed by atoms with Crippen LogP contribution in [-0.4, -0.2) is 36.8 Å². The molecule has 0 atom stereocenters. The van der Waals surface area contributed by atoms with Gasteiger partial charge in [-0.25, -0.2) is 4.98 Å². The van der Waals surface area contributed by atoms with Crippen LogP contribution in [0.2, 0.25) is 0 Å². The van der Waals surface area contributed by atoms with E-state index in [2.05, 4.69) is 15.3 Å². The van der Waals surface area contributed by atoms with Crippen molar-refractivity contribution in [2.24, 2.45) is 5.73 Å². The maximum absolute atomic E-state index is 5.87. The fraction of sp³-hybridized carbons (Fsp3) is 0.444. The van der Waals surface area contributed by atoms with Gasteiger partial charge in [-0.2, -0.15) is 4.98 Å². The Morgan fingerprint density at radius 1 is 1.15 bits per heavy atom. The molecule has 7 nitrogen and oxygen atoms in total. The number of halogens is 2. The number of nitrogens with one attached hydrogen (secondary N) is 1. The maximum Gasteiger partial charge on any atom is 0.222 e. The number of nitrogens with two attached hydrogens (primary N) is 2. The molecular formula is C18H27Cl2N5O2. The SMILES string of the molecule is COc1cccc(CCNc2cc(C3CC(N)C3)nc(N)n2)c1OC.Cl.Cl. The Morgan fingerprint density at radius 3 is 2.52 bits per heavy atom. The number of ether oxygens (including phenoxy) is 2. The highest BCUT2D eigenvalue weighted by molar-refractivity contribution is 5.85. The maximum atomic E-state index is 5.87. The van der Waals surface area contributed by atoms with E-state index < -0.39 is 0 Å². The molecule has 1 heterocycles. The topological polar surface area (TPSA) is 108 Å². The minimum Gasteiger partial charge on any atom is -0.493 e. The second-order valence-corrected chi connectivity index (χ2v) is 6.29. The predicted octanol–water partition coefficient (Wildman–Crippen LogP) is 2.78. The van der Waals surface area contributed by atoms with Gasteiger partial charge in [0.2, 0.25) is 5.95 Å². The Hall–Kier alpha value is -1.96. The molecule has 1 aromatic heterocycles. The average Bonchev–Trinajstić information content (AvgIpc) is 2.58. The molecule has 5 N–H and O–H groups in total. The third-order valence-electron chi connectivity index (χ3n) is 4.54. The lowest BCUT2D eigenvalue weighted by Crippen LogP contribution is -2.35. The van der Waals surface area contributed by atoms with Gasteiger partial charge in [-0.1, -0.05) is 12.1 Å². The van der Waals surface area contributed by atoms with Crippen LogP contribution in [0.1, 0.15) is 30.0 Å². The van der Waals surface area contributed by atoms with Gasteiger partial charge >= 0.3 is 0 Å². The number of aromatic nitrogens is 2. The van der Waals surface area contributed by atoms with Crippen molar-refractivity contribution in [3.05, 3.63) is 35.5 Å². The molecule has 0 radical (unpaired) electrons. The van der Waals surface area contributed by atoms with Crippen LogP contribution < -0.4 is 26.3 Å². The molecule has 9 heteroatoms. The lowest BCUT2D eigenvalue weighted by Gasteiger charge is -2.32. The molecule has 0 bridgehead atoms. The first-order valence-corrected chi connectivity index (χ1v) is 8.44. The molecule has 1 aliphatic carbocycles. The Bertz CT molecular complexity index is 742. The number of nitrogen functional groups attached to an aromatic ring is 1. The quantitative estimate of drug-likeness (QED) is 0.637. The third-order valence-corrected chi connectivity index (χ3v) is 4.54. The summed E-state index contributed by atoms with van der Waals surface area (Å²) in [4.78, 5) is 8.61.